The lowest BCUT2D eigenvalue weighted by Crippen LogP contribution is -2.71. The second-order valence-corrected chi connectivity index (χ2v) is 9.69. The van der Waals surface area contributed by atoms with Gasteiger partial charge in [0.1, 0.15) is 0 Å². The van der Waals surface area contributed by atoms with Gasteiger partial charge in [0.25, 0.3) is 0 Å². The average molecular weight is 387 g/mol. The summed E-state index contributed by atoms with van der Waals surface area (Å²) in [6, 6.07) is 10.1. The number of carbonyl (C=O) groups excluding carboxylic acids is 2. The number of urea groups is 1. The Balaban J connectivity index is 1.66. The van der Waals surface area contributed by atoms with Gasteiger partial charge >= 0.3 is 6.03 Å². The number of hydrogen-bond donors (Lipinski definition) is 1. The van der Waals surface area contributed by atoms with E-state index in [1.54, 1.807) is 0 Å². The summed E-state index contributed by atoms with van der Waals surface area (Å²) in [7, 11) is 0. The van der Waals surface area contributed by atoms with Crippen molar-refractivity contribution in [2.45, 2.75) is 52.7 Å². The quantitative estimate of drug-likeness (QED) is 0.850. The zero-order chi connectivity index (χ0) is 20.5. The summed E-state index contributed by atoms with van der Waals surface area (Å²) in [5.41, 5.74) is 0.608. The van der Waals surface area contributed by atoms with Crippen molar-refractivity contribution >= 4 is 11.9 Å². The van der Waals surface area contributed by atoms with Gasteiger partial charge in [-0.15, -0.1) is 0 Å². The second kappa shape index (κ2) is 7.74. The highest BCUT2D eigenvalue weighted by molar-refractivity contribution is 5.81. The van der Waals surface area contributed by atoms with Crippen LogP contribution < -0.4 is 5.32 Å². The molecule has 0 aromatic heterocycles. The molecule has 28 heavy (non-hydrogen) atoms. The van der Waals surface area contributed by atoms with Gasteiger partial charge in [-0.25, -0.2) is 4.79 Å². The van der Waals surface area contributed by atoms with Crippen LogP contribution in [0.2, 0.25) is 0 Å². The molecular weight excluding hydrogens is 352 g/mol. The van der Waals surface area contributed by atoms with E-state index in [0.717, 1.165) is 18.7 Å². The van der Waals surface area contributed by atoms with E-state index in [1.807, 2.05) is 60.9 Å². The van der Waals surface area contributed by atoms with Crippen molar-refractivity contribution in [2.75, 3.05) is 32.7 Å². The number of nitrogens with one attached hydrogen (secondary N) is 1. The van der Waals surface area contributed by atoms with Crippen molar-refractivity contribution < 1.29 is 9.59 Å². The van der Waals surface area contributed by atoms with Crippen LogP contribution in [0.15, 0.2) is 30.3 Å². The summed E-state index contributed by atoms with van der Waals surface area (Å²) in [6.07, 6.45) is 0. The van der Waals surface area contributed by atoms with E-state index in [0.29, 0.717) is 26.2 Å². The molecule has 2 fully saturated rings. The molecule has 1 aromatic carbocycles. The van der Waals surface area contributed by atoms with Gasteiger partial charge in [-0.05, 0) is 19.4 Å². The minimum absolute atomic E-state index is 0.0316. The van der Waals surface area contributed by atoms with Crippen molar-refractivity contribution in [3.05, 3.63) is 35.9 Å². The first-order valence-corrected chi connectivity index (χ1v) is 10.2. The molecule has 1 N–H and O–H groups in total. The zero-order valence-electron chi connectivity index (χ0n) is 17.9. The Bertz CT molecular complexity index is 711. The van der Waals surface area contributed by atoms with E-state index in [1.165, 1.54) is 0 Å². The normalized spacial score (nSPS) is 22.5. The summed E-state index contributed by atoms with van der Waals surface area (Å²) in [4.78, 5) is 31.9. The third kappa shape index (κ3) is 4.49. The highest BCUT2D eigenvalue weighted by Gasteiger charge is 2.45. The number of piperazine rings is 2. The van der Waals surface area contributed by atoms with Crippen molar-refractivity contribution in [3.63, 3.8) is 0 Å². The summed E-state index contributed by atoms with van der Waals surface area (Å²) in [5.74, 6) is 0.190. The number of fused-ring (bicyclic) bond motifs is 1. The van der Waals surface area contributed by atoms with E-state index in [-0.39, 0.29) is 28.9 Å². The Hall–Kier alpha value is -2.08. The third-order valence-electron chi connectivity index (χ3n) is 5.77. The Labute approximate surface area is 168 Å². The van der Waals surface area contributed by atoms with E-state index >= 15 is 0 Å². The van der Waals surface area contributed by atoms with Crippen LogP contribution in [0.4, 0.5) is 4.79 Å². The standard InChI is InChI=1S/C22H34N4O2/c1-21(2,3)19(27)24-11-12-26-18(14-24)15-25(16-22(26,4)5)20(28)23-13-17-9-7-6-8-10-17/h6-10,18H,11-16H2,1-5H3,(H,23,28). The first-order valence-electron chi connectivity index (χ1n) is 10.2. The topological polar surface area (TPSA) is 55.9 Å². The van der Waals surface area contributed by atoms with Crippen LogP contribution in [-0.4, -0.2) is 70.9 Å². The number of rotatable bonds is 2. The first kappa shape index (κ1) is 20.6. The van der Waals surface area contributed by atoms with Gasteiger partial charge in [-0.2, -0.15) is 0 Å². The summed E-state index contributed by atoms with van der Waals surface area (Å²) in [5, 5.41) is 3.05. The molecule has 0 saturated carbocycles. The van der Waals surface area contributed by atoms with E-state index in [9.17, 15) is 9.59 Å². The second-order valence-electron chi connectivity index (χ2n) is 9.69. The van der Waals surface area contributed by atoms with Crippen molar-refractivity contribution in [1.82, 2.24) is 20.0 Å². The molecule has 2 aliphatic heterocycles. The zero-order valence-corrected chi connectivity index (χ0v) is 17.9. The van der Waals surface area contributed by atoms with Crippen LogP contribution >= 0.6 is 0 Å². The number of amides is 3. The third-order valence-corrected chi connectivity index (χ3v) is 5.77. The number of benzene rings is 1. The van der Waals surface area contributed by atoms with Gasteiger partial charge in [0.15, 0.2) is 0 Å². The van der Waals surface area contributed by atoms with Gasteiger partial charge in [-0.1, -0.05) is 51.1 Å². The minimum Gasteiger partial charge on any atom is -0.339 e. The molecule has 1 unspecified atom stereocenters. The molecule has 0 bridgehead atoms. The lowest BCUT2D eigenvalue weighted by Gasteiger charge is -2.55. The molecule has 0 radical (unpaired) electrons. The SMILES string of the molecule is CC(C)(C)C(=O)N1CCN2C(CN(C(=O)NCc3ccccc3)CC2(C)C)C1. The van der Waals surface area contributed by atoms with Gasteiger partial charge in [0.05, 0.1) is 0 Å². The smallest absolute Gasteiger partial charge is 0.317 e. The molecule has 3 amide bonds. The van der Waals surface area contributed by atoms with Crippen LogP contribution in [0.25, 0.3) is 0 Å². The monoisotopic (exact) mass is 386 g/mol. The molecule has 3 rings (SSSR count). The minimum atomic E-state index is -0.376. The lowest BCUT2D eigenvalue weighted by atomic mass is 9.90. The first-order chi connectivity index (χ1) is 13.1. The molecule has 6 heteroatoms. The lowest BCUT2D eigenvalue weighted by molar-refractivity contribution is -0.146. The molecule has 0 aliphatic carbocycles. The number of carbonyl (C=O) groups is 2. The maximum Gasteiger partial charge on any atom is 0.317 e. The maximum atomic E-state index is 12.8. The molecule has 1 atom stereocenters. The fourth-order valence-corrected chi connectivity index (χ4v) is 4.38. The van der Waals surface area contributed by atoms with E-state index in [2.05, 4.69) is 24.1 Å². The van der Waals surface area contributed by atoms with Crippen molar-refractivity contribution in [3.8, 4) is 0 Å². The Morgan fingerprint density at radius 1 is 1.07 bits per heavy atom. The molecule has 6 nitrogen and oxygen atoms in total. The van der Waals surface area contributed by atoms with Crippen molar-refractivity contribution in [1.29, 1.82) is 0 Å². The predicted octanol–water partition coefficient (Wildman–Crippen LogP) is 2.55. The summed E-state index contributed by atoms with van der Waals surface area (Å²) < 4.78 is 0. The van der Waals surface area contributed by atoms with E-state index < -0.39 is 0 Å². The van der Waals surface area contributed by atoms with Crippen LogP contribution in [0, 0.1) is 5.41 Å². The van der Waals surface area contributed by atoms with Crippen LogP contribution in [0.1, 0.15) is 40.2 Å². The summed E-state index contributed by atoms with van der Waals surface area (Å²) >= 11 is 0. The van der Waals surface area contributed by atoms with Gasteiger partial charge in [-0.3, -0.25) is 9.69 Å². The molecule has 154 valence electrons. The van der Waals surface area contributed by atoms with E-state index in [4.69, 9.17) is 0 Å². The van der Waals surface area contributed by atoms with Crippen LogP contribution in [-0.2, 0) is 11.3 Å². The number of hydrogen-bond acceptors (Lipinski definition) is 3. The van der Waals surface area contributed by atoms with Crippen LogP contribution in [0.3, 0.4) is 0 Å². The predicted molar refractivity (Wildman–Crippen MR) is 111 cm³/mol. The molecule has 2 heterocycles. The van der Waals surface area contributed by atoms with Gasteiger partial charge in [0, 0.05) is 56.3 Å². The average Bonchev–Trinajstić information content (AvgIpc) is 2.64. The fourth-order valence-electron chi connectivity index (χ4n) is 4.38. The van der Waals surface area contributed by atoms with Gasteiger partial charge in [0.2, 0.25) is 5.91 Å². The highest BCUT2D eigenvalue weighted by Crippen LogP contribution is 2.29. The maximum absolute atomic E-state index is 12.8. The Morgan fingerprint density at radius 3 is 2.36 bits per heavy atom. The molecule has 1 aromatic rings. The largest absolute Gasteiger partial charge is 0.339 e. The van der Waals surface area contributed by atoms with Crippen LogP contribution in [0.5, 0.6) is 0 Å². The molecule has 0 spiro atoms. The molecule has 2 aliphatic rings. The number of nitrogens with zero attached hydrogens (tertiary/aromatic N) is 3. The molecule has 2 saturated heterocycles. The molecular formula is C22H34N4O2. The summed E-state index contributed by atoms with van der Waals surface area (Å²) in [6.45, 7) is 14.5. The van der Waals surface area contributed by atoms with Gasteiger partial charge < -0.3 is 15.1 Å². The fraction of sp³-hybridized carbons (Fsp3) is 0.636. The Morgan fingerprint density at radius 2 is 1.71 bits per heavy atom. The Kier molecular flexibility index (Phi) is 5.71. The highest BCUT2D eigenvalue weighted by atomic mass is 16.2. The van der Waals surface area contributed by atoms with Crippen molar-refractivity contribution in [2.24, 2.45) is 5.41 Å².